The van der Waals surface area contributed by atoms with Crippen molar-refractivity contribution in [2.45, 2.75) is 24.8 Å². The van der Waals surface area contributed by atoms with Crippen molar-refractivity contribution in [3.05, 3.63) is 101 Å². The predicted molar refractivity (Wildman–Crippen MR) is 132 cm³/mol. The first-order valence-electron chi connectivity index (χ1n) is 11.5. The smallest absolute Gasteiger partial charge is 0.254 e. The number of nitrogens with zero attached hydrogens (tertiary/aromatic N) is 2. The van der Waals surface area contributed by atoms with E-state index < -0.39 is 10.0 Å². The highest BCUT2D eigenvalue weighted by Gasteiger charge is 2.28. The molecule has 1 amide bonds. The predicted octanol–water partition coefficient (Wildman–Crippen LogP) is 3.90. The average Bonchev–Trinajstić information content (AvgIpc) is 2.88. The summed E-state index contributed by atoms with van der Waals surface area (Å²) in [5.41, 5.74) is 3.34. The fourth-order valence-corrected chi connectivity index (χ4v) is 5.50. The Morgan fingerprint density at radius 2 is 1.53 bits per heavy atom. The van der Waals surface area contributed by atoms with Gasteiger partial charge in [-0.3, -0.25) is 4.79 Å². The molecule has 1 aliphatic rings. The number of carbonyl (C=O) groups excluding carboxylic acids is 1. The highest BCUT2D eigenvalue weighted by molar-refractivity contribution is 7.89. The molecular formula is C27H30N2O4S. The van der Waals surface area contributed by atoms with Gasteiger partial charge in [-0.1, -0.05) is 66.7 Å². The Bertz CT molecular complexity index is 1210. The fraction of sp³-hybridized carbons (Fsp3) is 0.296. The van der Waals surface area contributed by atoms with E-state index in [0.717, 1.165) is 16.7 Å². The molecule has 0 radical (unpaired) electrons. The Labute approximate surface area is 201 Å². The minimum absolute atomic E-state index is 0.145. The first kappa shape index (κ1) is 24.1. The van der Waals surface area contributed by atoms with E-state index in [0.29, 0.717) is 51.4 Å². The molecule has 3 aromatic rings. The summed E-state index contributed by atoms with van der Waals surface area (Å²) in [7, 11) is -3.69. The molecule has 0 spiro atoms. The van der Waals surface area contributed by atoms with Gasteiger partial charge in [0, 0.05) is 31.7 Å². The van der Waals surface area contributed by atoms with Gasteiger partial charge in [0.2, 0.25) is 10.0 Å². The van der Waals surface area contributed by atoms with Crippen molar-refractivity contribution < 1.29 is 17.9 Å². The summed E-state index contributed by atoms with van der Waals surface area (Å²) in [5, 5.41) is 0. The van der Waals surface area contributed by atoms with Gasteiger partial charge in [-0.2, -0.15) is 4.31 Å². The van der Waals surface area contributed by atoms with Gasteiger partial charge in [0.1, 0.15) is 0 Å². The molecule has 178 valence electrons. The van der Waals surface area contributed by atoms with Crippen LogP contribution in [0.15, 0.2) is 83.8 Å². The number of hydrogen-bond acceptors (Lipinski definition) is 4. The van der Waals surface area contributed by atoms with Crippen LogP contribution in [0.5, 0.6) is 0 Å². The van der Waals surface area contributed by atoms with Gasteiger partial charge in [-0.25, -0.2) is 8.42 Å². The second-order valence-electron chi connectivity index (χ2n) is 8.44. The standard InChI is InChI=1S/C27H30N2O4S/c1-22-12-13-25(34(31,32)29-16-18-33-19-17-29)20-26(22)27(30)28(21-24-10-6-3-7-11-24)15-14-23-8-4-2-5-9-23/h2-13,20H,14-19,21H2,1H3. The van der Waals surface area contributed by atoms with Gasteiger partial charge in [0.25, 0.3) is 5.91 Å². The van der Waals surface area contributed by atoms with E-state index in [4.69, 9.17) is 4.74 Å². The maximum absolute atomic E-state index is 13.7. The van der Waals surface area contributed by atoms with Gasteiger partial charge in [0.05, 0.1) is 18.1 Å². The second-order valence-corrected chi connectivity index (χ2v) is 10.4. The maximum Gasteiger partial charge on any atom is 0.254 e. The summed E-state index contributed by atoms with van der Waals surface area (Å²) in [4.78, 5) is 15.7. The Hall–Kier alpha value is -3.00. The van der Waals surface area contributed by atoms with Gasteiger partial charge in [-0.15, -0.1) is 0 Å². The number of rotatable bonds is 8. The third-order valence-electron chi connectivity index (χ3n) is 6.06. The number of benzene rings is 3. The molecule has 0 atom stereocenters. The van der Waals surface area contributed by atoms with Crippen molar-refractivity contribution in [3.63, 3.8) is 0 Å². The monoisotopic (exact) mass is 478 g/mol. The molecule has 1 aliphatic heterocycles. The molecule has 3 aromatic carbocycles. The van der Waals surface area contributed by atoms with E-state index >= 15 is 0 Å². The lowest BCUT2D eigenvalue weighted by Crippen LogP contribution is -2.40. The maximum atomic E-state index is 13.7. The van der Waals surface area contributed by atoms with Crippen LogP contribution in [-0.2, 0) is 27.7 Å². The van der Waals surface area contributed by atoms with Crippen molar-refractivity contribution in [2.24, 2.45) is 0 Å². The first-order chi connectivity index (χ1) is 16.4. The van der Waals surface area contributed by atoms with E-state index in [1.54, 1.807) is 17.0 Å². The lowest BCUT2D eigenvalue weighted by Gasteiger charge is -2.27. The summed E-state index contributed by atoms with van der Waals surface area (Å²) in [6, 6.07) is 24.7. The SMILES string of the molecule is Cc1ccc(S(=O)(=O)N2CCOCC2)cc1C(=O)N(CCc1ccccc1)Cc1ccccc1. The second kappa shape index (κ2) is 11.0. The fourth-order valence-electron chi connectivity index (χ4n) is 4.06. The van der Waals surface area contributed by atoms with Crippen molar-refractivity contribution in [1.29, 1.82) is 0 Å². The van der Waals surface area contributed by atoms with Crippen LogP contribution in [-0.4, -0.2) is 56.4 Å². The lowest BCUT2D eigenvalue weighted by atomic mass is 10.1. The molecule has 1 heterocycles. The quantitative estimate of drug-likeness (QED) is 0.493. The number of aryl methyl sites for hydroxylation is 1. The Kier molecular flexibility index (Phi) is 7.77. The molecule has 34 heavy (non-hydrogen) atoms. The highest BCUT2D eigenvalue weighted by atomic mass is 32.2. The van der Waals surface area contributed by atoms with E-state index in [1.165, 1.54) is 10.4 Å². The molecule has 0 unspecified atom stereocenters. The molecule has 6 nitrogen and oxygen atoms in total. The molecule has 4 rings (SSSR count). The largest absolute Gasteiger partial charge is 0.379 e. The minimum atomic E-state index is -3.69. The number of carbonyl (C=O) groups is 1. The Morgan fingerprint density at radius 3 is 2.18 bits per heavy atom. The van der Waals surface area contributed by atoms with Crippen molar-refractivity contribution >= 4 is 15.9 Å². The van der Waals surface area contributed by atoms with Gasteiger partial charge < -0.3 is 9.64 Å². The van der Waals surface area contributed by atoms with E-state index in [-0.39, 0.29) is 10.8 Å². The zero-order chi connectivity index (χ0) is 24.0. The van der Waals surface area contributed by atoms with E-state index in [9.17, 15) is 13.2 Å². The molecule has 0 N–H and O–H groups in total. The third-order valence-corrected chi connectivity index (χ3v) is 7.96. The molecular weight excluding hydrogens is 448 g/mol. The average molecular weight is 479 g/mol. The van der Waals surface area contributed by atoms with Crippen LogP contribution in [0, 0.1) is 6.92 Å². The van der Waals surface area contributed by atoms with Crippen molar-refractivity contribution in [2.75, 3.05) is 32.8 Å². The number of sulfonamides is 1. The van der Waals surface area contributed by atoms with Crippen LogP contribution in [0.25, 0.3) is 0 Å². The van der Waals surface area contributed by atoms with Crippen LogP contribution >= 0.6 is 0 Å². The van der Waals surface area contributed by atoms with Crippen LogP contribution < -0.4 is 0 Å². The lowest BCUT2D eigenvalue weighted by molar-refractivity contribution is 0.0729. The summed E-state index contributed by atoms with van der Waals surface area (Å²) in [6.07, 6.45) is 0.713. The summed E-state index contributed by atoms with van der Waals surface area (Å²) in [5.74, 6) is -0.170. The van der Waals surface area contributed by atoms with Gasteiger partial charge >= 0.3 is 0 Å². The molecule has 1 saturated heterocycles. The van der Waals surface area contributed by atoms with Crippen LogP contribution in [0.1, 0.15) is 27.0 Å². The van der Waals surface area contributed by atoms with Crippen LogP contribution in [0.4, 0.5) is 0 Å². The molecule has 0 saturated carbocycles. The summed E-state index contributed by atoms with van der Waals surface area (Å²) >= 11 is 0. The number of hydrogen-bond donors (Lipinski definition) is 0. The van der Waals surface area contributed by atoms with Crippen LogP contribution in [0.2, 0.25) is 0 Å². The highest BCUT2D eigenvalue weighted by Crippen LogP contribution is 2.22. The molecule has 7 heteroatoms. The summed E-state index contributed by atoms with van der Waals surface area (Å²) in [6.45, 7) is 4.20. The molecule has 0 aromatic heterocycles. The van der Waals surface area contributed by atoms with Crippen LogP contribution in [0.3, 0.4) is 0 Å². The number of morpholine rings is 1. The number of amides is 1. The minimum Gasteiger partial charge on any atom is -0.379 e. The van der Waals surface area contributed by atoms with Crippen molar-refractivity contribution in [3.8, 4) is 0 Å². The zero-order valence-electron chi connectivity index (χ0n) is 19.4. The first-order valence-corrected chi connectivity index (χ1v) is 12.9. The van der Waals surface area contributed by atoms with Crippen molar-refractivity contribution in [1.82, 2.24) is 9.21 Å². The Balaban J connectivity index is 1.62. The van der Waals surface area contributed by atoms with Gasteiger partial charge in [0.15, 0.2) is 0 Å². The molecule has 1 fully saturated rings. The summed E-state index contributed by atoms with van der Waals surface area (Å²) < 4.78 is 33.1. The number of ether oxygens (including phenoxy) is 1. The van der Waals surface area contributed by atoms with E-state index in [1.807, 2.05) is 67.6 Å². The topological polar surface area (TPSA) is 66.9 Å². The third kappa shape index (κ3) is 5.73. The zero-order valence-corrected chi connectivity index (χ0v) is 20.2. The molecule has 0 bridgehead atoms. The normalized spacial score (nSPS) is 14.6. The van der Waals surface area contributed by atoms with Gasteiger partial charge in [-0.05, 0) is 42.2 Å². The molecule has 0 aliphatic carbocycles. The van der Waals surface area contributed by atoms with E-state index in [2.05, 4.69) is 0 Å². The Morgan fingerprint density at radius 1 is 0.912 bits per heavy atom.